The molecule has 4 heteroatoms. The van der Waals surface area contributed by atoms with Crippen molar-refractivity contribution in [2.24, 2.45) is 0 Å². The first-order valence-electron chi connectivity index (χ1n) is 8.48. The summed E-state index contributed by atoms with van der Waals surface area (Å²) in [6.45, 7) is 4.59. The molecule has 146 valence electrons. The summed E-state index contributed by atoms with van der Waals surface area (Å²) >= 11 is 0. The van der Waals surface area contributed by atoms with Crippen molar-refractivity contribution in [1.82, 2.24) is 0 Å². The second-order valence-corrected chi connectivity index (χ2v) is 6.65. The van der Waals surface area contributed by atoms with Gasteiger partial charge in [-0.15, -0.1) is 77.3 Å². The quantitative estimate of drug-likeness (QED) is 0.217. The number of benzene rings is 3. The van der Waals surface area contributed by atoms with Crippen molar-refractivity contribution in [2.75, 3.05) is 0 Å². The van der Waals surface area contributed by atoms with Crippen LogP contribution in [0.2, 0.25) is 0 Å². The SMILES string of the molecule is Cc1cc2ccccc2[c-]1C(C)(c1ccccc1)c1ccccc1.Cl.Cl.Cl.[Ti]. The molecule has 0 aliphatic heterocycles. The van der Waals surface area contributed by atoms with Crippen LogP contribution in [0.3, 0.4) is 0 Å². The van der Waals surface area contributed by atoms with Gasteiger partial charge in [-0.1, -0.05) is 80.6 Å². The Hall–Kier alpha value is -1.15. The zero-order valence-electron chi connectivity index (χ0n) is 15.9. The van der Waals surface area contributed by atoms with Crippen LogP contribution in [0.4, 0.5) is 0 Å². The maximum Gasteiger partial charge on any atom is 0.00891 e. The molecule has 0 aliphatic carbocycles. The minimum absolute atomic E-state index is 0. The molecule has 0 radical (unpaired) electrons. The molecule has 0 spiro atoms. The summed E-state index contributed by atoms with van der Waals surface area (Å²) in [6, 6.07) is 32.7. The van der Waals surface area contributed by atoms with E-state index >= 15 is 0 Å². The summed E-state index contributed by atoms with van der Waals surface area (Å²) in [4.78, 5) is 0. The molecule has 4 rings (SSSR count). The van der Waals surface area contributed by atoms with Crippen molar-refractivity contribution in [3.05, 3.63) is 113 Å². The van der Waals surface area contributed by atoms with E-state index in [0.717, 1.165) is 0 Å². The largest absolute Gasteiger partial charge is 0.165 e. The van der Waals surface area contributed by atoms with Crippen molar-refractivity contribution in [3.8, 4) is 0 Å². The van der Waals surface area contributed by atoms with Gasteiger partial charge in [-0.25, -0.2) is 0 Å². The molecule has 28 heavy (non-hydrogen) atoms. The van der Waals surface area contributed by atoms with E-state index in [0.29, 0.717) is 0 Å². The fourth-order valence-corrected chi connectivity index (χ4v) is 4.03. The standard InChI is InChI=1S/C24H21.3ClH.Ti/c1-18-17-19-11-9-10-16-22(19)23(18)24(2,20-12-5-3-6-13-20)21-14-7-4-8-15-21;;;;/h3-17H,1-2H3;3*1H;/q-1;;;;. The smallest absolute Gasteiger partial charge is 0.00891 e. The van der Waals surface area contributed by atoms with Crippen LogP contribution >= 0.6 is 37.2 Å². The van der Waals surface area contributed by atoms with Gasteiger partial charge in [0.1, 0.15) is 0 Å². The number of rotatable bonds is 3. The predicted octanol–water partition coefficient (Wildman–Crippen LogP) is 7.48. The Morgan fingerprint density at radius 2 is 1.07 bits per heavy atom. The molecule has 0 saturated heterocycles. The molecule has 0 saturated carbocycles. The van der Waals surface area contributed by atoms with Crippen LogP contribution in [0.25, 0.3) is 10.8 Å². The molecule has 0 aromatic heterocycles. The van der Waals surface area contributed by atoms with Crippen molar-refractivity contribution in [1.29, 1.82) is 0 Å². The molecule has 0 heterocycles. The van der Waals surface area contributed by atoms with Crippen LogP contribution in [0.15, 0.2) is 91.0 Å². The Labute approximate surface area is 201 Å². The summed E-state index contributed by atoms with van der Waals surface area (Å²) < 4.78 is 0. The number of fused-ring (bicyclic) bond motifs is 1. The van der Waals surface area contributed by atoms with E-state index in [4.69, 9.17) is 0 Å². The number of aryl methyl sites for hydroxylation is 1. The average molecular weight is 467 g/mol. The fourth-order valence-electron chi connectivity index (χ4n) is 4.03. The first-order valence-corrected chi connectivity index (χ1v) is 8.48. The first-order chi connectivity index (χ1) is 11.7. The monoisotopic (exact) mass is 465 g/mol. The van der Waals surface area contributed by atoms with Gasteiger partial charge in [-0.3, -0.25) is 0 Å². The van der Waals surface area contributed by atoms with E-state index in [-0.39, 0.29) is 64.4 Å². The van der Waals surface area contributed by atoms with Crippen LogP contribution in [0.5, 0.6) is 0 Å². The molecule has 0 amide bonds. The number of halogens is 3. The van der Waals surface area contributed by atoms with Crippen molar-refractivity contribution in [3.63, 3.8) is 0 Å². The Kier molecular flexibility index (Phi) is 10.7. The number of hydrogen-bond donors (Lipinski definition) is 0. The van der Waals surface area contributed by atoms with Gasteiger partial charge in [0.2, 0.25) is 0 Å². The molecule has 0 atom stereocenters. The first kappa shape index (κ1) is 26.9. The molecule has 0 N–H and O–H groups in total. The molecule has 0 bridgehead atoms. The maximum atomic E-state index is 2.35. The van der Waals surface area contributed by atoms with E-state index < -0.39 is 0 Å². The summed E-state index contributed by atoms with van der Waals surface area (Å²) in [6.07, 6.45) is 0. The Morgan fingerprint density at radius 1 is 0.643 bits per heavy atom. The van der Waals surface area contributed by atoms with E-state index in [1.807, 2.05) is 0 Å². The third-order valence-electron chi connectivity index (χ3n) is 5.20. The third-order valence-corrected chi connectivity index (χ3v) is 5.20. The van der Waals surface area contributed by atoms with Crippen molar-refractivity contribution < 1.29 is 21.7 Å². The molecule has 4 aromatic rings. The fraction of sp³-hybridized carbons (Fsp3) is 0.125. The predicted molar refractivity (Wildman–Crippen MR) is 124 cm³/mol. The second kappa shape index (κ2) is 11.1. The van der Waals surface area contributed by atoms with Crippen LogP contribution in [0, 0.1) is 6.92 Å². The van der Waals surface area contributed by atoms with E-state index in [1.54, 1.807) is 0 Å². The molecule has 0 nitrogen and oxygen atoms in total. The molecule has 0 unspecified atom stereocenters. The molecule has 4 aromatic carbocycles. The van der Waals surface area contributed by atoms with Gasteiger partial charge >= 0.3 is 0 Å². The molecular weight excluding hydrogens is 442 g/mol. The molecule has 0 fully saturated rings. The van der Waals surface area contributed by atoms with Crippen LogP contribution in [0.1, 0.15) is 29.2 Å². The van der Waals surface area contributed by atoms with Gasteiger partial charge in [0, 0.05) is 27.1 Å². The van der Waals surface area contributed by atoms with Gasteiger partial charge in [0.05, 0.1) is 0 Å². The van der Waals surface area contributed by atoms with Crippen molar-refractivity contribution in [2.45, 2.75) is 19.3 Å². The Morgan fingerprint density at radius 3 is 1.57 bits per heavy atom. The van der Waals surface area contributed by atoms with Gasteiger partial charge < -0.3 is 0 Å². The van der Waals surface area contributed by atoms with Gasteiger partial charge in [-0.05, 0) is 11.1 Å². The zero-order valence-corrected chi connectivity index (χ0v) is 19.9. The third kappa shape index (κ3) is 4.53. The van der Waals surface area contributed by atoms with Crippen LogP contribution in [-0.2, 0) is 27.1 Å². The minimum atomic E-state index is -0.171. The average Bonchev–Trinajstić information content (AvgIpc) is 2.99. The Balaban J connectivity index is 0.00000182. The zero-order chi connectivity index (χ0) is 16.6. The molecule has 0 aliphatic rings. The van der Waals surface area contributed by atoms with E-state index in [9.17, 15) is 0 Å². The topological polar surface area (TPSA) is 0 Å². The second-order valence-electron chi connectivity index (χ2n) is 6.65. The van der Waals surface area contributed by atoms with Crippen molar-refractivity contribution >= 4 is 48.0 Å². The van der Waals surface area contributed by atoms with Crippen LogP contribution < -0.4 is 0 Å². The minimum Gasteiger partial charge on any atom is -0.165 e. The summed E-state index contributed by atoms with van der Waals surface area (Å²) in [5.41, 5.74) is 5.25. The molecular formula is C24H24Cl3Ti-. The van der Waals surface area contributed by atoms with Gasteiger partial charge in [-0.2, -0.15) is 6.07 Å². The van der Waals surface area contributed by atoms with Crippen LogP contribution in [-0.4, -0.2) is 0 Å². The summed E-state index contributed by atoms with van der Waals surface area (Å²) in [7, 11) is 0. The summed E-state index contributed by atoms with van der Waals surface area (Å²) in [5, 5.41) is 2.67. The number of hydrogen-bond acceptors (Lipinski definition) is 0. The van der Waals surface area contributed by atoms with E-state index in [2.05, 4.69) is 105 Å². The Bertz CT molecular complexity index is 939. The van der Waals surface area contributed by atoms with E-state index in [1.165, 1.54) is 33.0 Å². The summed E-state index contributed by atoms with van der Waals surface area (Å²) in [5.74, 6) is 0. The van der Waals surface area contributed by atoms with Gasteiger partial charge in [0.15, 0.2) is 0 Å². The normalized spacial score (nSPS) is 10.1. The maximum absolute atomic E-state index is 2.35. The van der Waals surface area contributed by atoms with Gasteiger partial charge in [0.25, 0.3) is 0 Å².